The van der Waals surface area contributed by atoms with Crippen molar-refractivity contribution in [3.05, 3.63) is 23.8 Å². The fraction of sp³-hybridized carbons (Fsp3) is 0.455. The molecule has 0 saturated carbocycles. The van der Waals surface area contributed by atoms with E-state index in [1.807, 2.05) is 0 Å². The van der Waals surface area contributed by atoms with Crippen LogP contribution in [0.3, 0.4) is 0 Å². The number of rotatable bonds is 4. The Balaban J connectivity index is 2.04. The lowest BCUT2D eigenvalue weighted by Crippen LogP contribution is -2.40. The summed E-state index contributed by atoms with van der Waals surface area (Å²) < 4.78 is 26.3. The van der Waals surface area contributed by atoms with Crippen LogP contribution in [0.25, 0.3) is 0 Å². The van der Waals surface area contributed by atoms with Crippen molar-refractivity contribution in [3.63, 3.8) is 0 Å². The van der Waals surface area contributed by atoms with Gasteiger partial charge in [-0.05, 0) is 6.42 Å². The first-order valence-electron chi connectivity index (χ1n) is 5.84. The molecule has 1 atom stereocenters. The van der Waals surface area contributed by atoms with Gasteiger partial charge in [-0.25, -0.2) is 9.97 Å². The van der Waals surface area contributed by atoms with E-state index in [0.717, 1.165) is 6.26 Å². The van der Waals surface area contributed by atoms with Gasteiger partial charge in [0.05, 0.1) is 18.8 Å². The van der Waals surface area contributed by atoms with Gasteiger partial charge in [-0.2, -0.15) is 8.42 Å². The topological polar surface area (TPSA) is 115 Å². The number of imide groups is 1. The van der Waals surface area contributed by atoms with Crippen LogP contribution in [-0.2, 0) is 30.5 Å². The van der Waals surface area contributed by atoms with E-state index in [4.69, 9.17) is 0 Å². The van der Waals surface area contributed by atoms with E-state index in [9.17, 15) is 18.0 Å². The molecule has 1 N–H and O–H groups in total. The molecule has 0 radical (unpaired) electrons. The van der Waals surface area contributed by atoms with Gasteiger partial charge in [0.15, 0.2) is 0 Å². The molecular formula is C11H13N3O5S. The third-order valence-electron chi connectivity index (χ3n) is 2.72. The molecule has 0 bridgehead atoms. The Morgan fingerprint density at radius 3 is 2.55 bits per heavy atom. The molecule has 1 aliphatic heterocycles. The van der Waals surface area contributed by atoms with Crippen molar-refractivity contribution in [2.45, 2.75) is 25.4 Å². The Morgan fingerprint density at radius 1 is 1.35 bits per heavy atom. The number of piperidine rings is 1. The van der Waals surface area contributed by atoms with E-state index in [1.165, 1.54) is 12.4 Å². The fourth-order valence-corrected chi connectivity index (χ4v) is 2.08. The zero-order valence-corrected chi connectivity index (χ0v) is 11.5. The summed E-state index contributed by atoms with van der Waals surface area (Å²) in [5, 5.41) is 2.23. The van der Waals surface area contributed by atoms with Crippen molar-refractivity contribution in [3.8, 4) is 0 Å². The Morgan fingerprint density at radius 2 is 2.00 bits per heavy atom. The van der Waals surface area contributed by atoms with E-state index < -0.39 is 21.9 Å². The van der Waals surface area contributed by atoms with Crippen molar-refractivity contribution < 1.29 is 22.2 Å². The minimum Gasteiger partial charge on any atom is -0.296 e. The lowest BCUT2D eigenvalue weighted by atomic mass is 9.97. The number of carbonyl (C=O) groups is 2. The summed E-state index contributed by atoms with van der Waals surface area (Å²) in [5.74, 6) is -0.971. The monoisotopic (exact) mass is 299 g/mol. The average molecular weight is 299 g/mol. The minimum absolute atomic E-state index is 0.158. The van der Waals surface area contributed by atoms with Gasteiger partial charge in [0, 0.05) is 24.4 Å². The second kappa shape index (κ2) is 5.63. The molecule has 2 rings (SSSR count). The molecule has 1 aliphatic rings. The summed E-state index contributed by atoms with van der Waals surface area (Å²) >= 11 is 0. The molecule has 1 unspecified atom stereocenters. The number of nitrogens with zero attached hydrogens (tertiary/aromatic N) is 2. The number of aromatic nitrogens is 2. The molecule has 0 aromatic carbocycles. The second-order valence-corrected chi connectivity index (χ2v) is 6.06. The third-order valence-corrected chi connectivity index (χ3v) is 3.26. The molecule has 0 spiro atoms. The van der Waals surface area contributed by atoms with Crippen molar-refractivity contribution in [1.82, 2.24) is 15.3 Å². The van der Waals surface area contributed by atoms with Crippen LogP contribution < -0.4 is 5.32 Å². The van der Waals surface area contributed by atoms with Crippen LogP contribution in [0.4, 0.5) is 0 Å². The first-order valence-corrected chi connectivity index (χ1v) is 7.66. The minimum atomic E-state index is -3.52. The molecule has 0 aliphatic carbocycles. The summed E-state index contributed by atoms with van der Waals surface area (Å²) in [5.41, 5.74) is 0.478. The largest absolute Gasteiger partial charge is 0.296 e. The summed E-state index contributed by atoms with van der Waals surface area (Å²) in [4.78, 5) is 30.7. The lowest BCUT2D eigenvalue weighted by molar-refractivity contribution is -0.134. The highest BCUT2D eigenvalue weighted by molar-refractivity contribution is 7.85. The summed E-state index contributed by atoms with van der Waals surface area (Å²) in [7, 11) is -3.52. The van der Waals surface area contributed by atoms with Crippen LogP contribution in [0.2, 0.25) is 0 Å². The molecule has 9 heteroatoms. The van der Waals surface area contributed by atoms with Gasteiger partial charge in [0.25, 0.3) is 10.1 Å². The first kappa shape index (κ1) is 14.5. The number of amides is 2. The van der Waals surface area contributed by atoms with E-state index in [2.05, 4.69) is 19.5 Å². The molecule has 8 nitrogen and oxygen atoms in total. The van der Waals surface area contributed by atoms with Crippen molar-refractivity contribution in [2.75, 3.05) is 6.26 Å². The van der Waals surface area contributed by atoms with Crippen LogP contribution in [0, 0.1) is 0 Å². The molecule has 1 aromatic rings. The normalized spacial score (nSPS) is 19.8. The molecule has 20 heavy (non-hydrogen) atoms. The van der Waals surface area contributed by atoms with Gasteiger partial charge in [-0.15, -0.1) is 0 Å². The fourth-order valence-electron chi connectivity index (χ4n) is 1.73. The Labute approximate surface area is 115 Å². The zero-order valence-electron chi connectivity index (χ0n) is 10.7. The van der Waals surface area contributed by atoms with Crippen molar-refractivity contribution >= 4 is 21.9 Å². The van der Waals surface area contributed by atoms with Gasteiger partial charge in [0.1, 0.15) is 5.82 Å². The number of hydrogen-bond donors (Lipinski definition) is 1. The maximum Gasteiger partial charge on any atom is 0.264 e. The van der Waals surface area contributed by atoms with Crippen LogP contribution in [0.1, 0.15) is 30.1 Å². The van der Waals surface area contributed by atoms with Gasteiger partial charge in [-0.1, -0.05) is 0 Å². The van der Waals surface area contributed by atoms with Crippen LogP contribution in [0.5, 0.6) is 0 Å². The predicted octanol–water partition coefficient (Wildman–Crippen LogP) is -0.527. The van der Waals surface area contributed by atoms with E-state index in [1.54, 1.807) is 0 Å². The number of carbonyl (C=O) groups excluding carboxylic acids is 2. The molecule has 2 amide bonds. The van der Waals surface area contributed by atoms with E-state index >= 15 is 0 Å². The summed E-state index contributed by atoms with van der Waals surface area (Å²) in [6, 6.07) is 0. The molecule has 1 aromatic heterocycles. The summed E-state index contributed by atoms with van der Waals surface area (Å²) in [6.07, 6.45) is 4.36. The van der Waals surface area contributed by atoms with Gasteiger partial charge >= 0.3 is 0 Å². The maximum atomic E-state index is 11.6. The molecular weight excluding hydrogens is 286 g/mol. The summed E-state index contributed by atoms with van der Waals surface area (Å²) in [6.45, 7) is -0.158. The zero-order chi connectivity index (χ0) is 14.8. The van der Waals surface area contributed by atoms with Gasteiger partial charge in [0.2, 0.25) is 11.8 Å². The Bertz CT molecular complexity index is 626. The molecule has 1 saturated heterocycles. The molecule has 2 heterocycles. The smallest absolute Gasteiger partial charge is 0.264 e. The van der Waals surface area contributed by atoms with Crippen molar-refractivity contribution in [1.29, 1.82) is 0 Å². The van der Waals surface area contributed by atoms with Crippen molar-refractivity contribution in [2.24, 2.45) is 0 Å². The highest BCUT2D eigenvalue weighted by atomic mass is 32.2. The highest BCUT2D eigenvalue weighted by Gasteiger charge is 2.29. The van der Waals surface area contributed by atoms with Crippen LogP contribution >= 0.6 is 0 Å². The Kier molecular flexibility index (Phi) is 4.09. The number of nitrogens with one attached hydrogen (secondary N) is 1. The van der Waals surface area contributed by atoms with E-state index in [-0.39, 0.29) is 18.9 Å². The average Bonchev–Trinajstić information content (AvgIpc) is 2.36. The van der Waals surface area contributed by atoms with Crippen LogP contribution in [0.15, 0.2) is 12.4 Å². The van der Waals surface area contributed by atoms with Crippen LogP contribution in [-0.4, -0.2) is 36.5 Å². The quantitative estimate of drug-likeness (QED) is 0.587. The Hall–Kier alpha value is -1.87. The maximum absolute atomic E-state index is 11.6. The van der Waals surface area contributed by atoms with Gasteiger partial charge < -0.3 is 0 Å². The standard InChI is InChI=1S/C11H13N3O5S/c1-20(17,18)19-6-7-4-12-10(13-5-7)8-2-3-9(15)14-11(8)16/h4-5,8H,2-3,6H2,1H3,(H,14,15,16). The third kappa shape index (κ3) is 3.81. The van der Waals surface area contributed by atoms with E-state index in [0.29, 0.717) is 17.8 Å². The van der Waals surface area contributed by atoms with Gasteiger partial charge in [-0.3, -0.25) is 19.1 Å². The molecule has 1 fully saturated rings. The predicted molar refractivity (Wildman–Crippen MR) is 66.8 cm³/mol. The highest BCUT2D eigenvalue weighted by Crippen LogP contribution is 2.21. The molecule has 108 valence electrons. The number of hydrogen-bond acceptors (Lipinski definition) is 7. The lowest BCUT2D eigenvalue weighted by Gasteiger charge is -2.19. The SMILES string of the molecule is CS(=O)(=O)OCc1cnc(C2CCC(=O)NC2=O)nc1. The second-order valence-electron chi connectivity index (χ2n) is 4.42. The first-order chi connectivity index (χ1) is 9.35.